The van der Waals surface area contributed by atoms with Crippen LogP contribution < -0.4 is 10.2 Å². The lowest BCUT2D eigenvalue weighted by molar-refractivity contribution is -0.904. The van der Waals surface area contributed by atoms with Gasteiger partial charge < -0.3 is 10.2 Å². The number of benzene rings is 1. The first kappa shape index (κ1) is 18.9. The summed E-state index contributed by atoms with van der Waals surface area (Å²) in [5, 5.41) is 2.83. The third kappa shape index (κ3) is 4.78. The summed E-state index contributed by atoms with van der Waals surface area (Å²) in [7, 11) is -0.523. The van der Waals surface area contributed by atoms with Gasteiger partial charge in [-0.2, -0.15) is 0 Å². The van der Waals surface area contributed by atoms with Gasteiger partial charge in [0.15, 0.2) is 6.54 Å². The molecule has 2 N–H and O–H groups in total. The first-order valence-corrected chi connectivity index (χ1v) is 9.78. The number of sulfonamides is 1. The van der Waals surface area contributed by atoms with Gasteiger partial charge in [-0.15, -0.1) is 0 Å². The predicted octanol–water partition coefficient (Wildman–Crippen LogP) is 0.436. The molecular weight excluding hydrogens is 326 g/mol. The molecule has 7 heteroatoms. The van der Waals surface area contributed by atoms with Crippen molar-refractivity contribution in [2.75, 3.05) is 39.0 Å². The summed E-state index contributed by atoms with van der Waals surface area (Å²) in [5.41, 5.74) is 0.514. The SMILES string of the molecule is C[C@@H]1C[C@@H](C)C[NH+](CC(=O)Nc2cccc(S(=O)(=O)N(C)C)c2)C1. The predicted molar refractivity (Wildman–Crippen MR) is 94.5 cm³/mol. The van der Waals surface area contributed by atoms with Gasteiger partial charge in [-0.25, -0.2) is 12.7 Å². The zero-order valence-electron chi connectivity index (χ0n) is 14.9. The van der Waals surface area contributed by atoms with E-state index in [4.69, 9.17) is 0 Å². The Kier molecular flexibility index (Phi) is 6.01. The van der Waals surface area contributed by atoms with Crippen molar-refractivity contribution in [2.24, 2.45) is 11.8 Å². The van der Waals surface area contributed by atoms with Gasteiger partial charge in [0.1, 0.15) is 0 Å². The highest BCUT2D eigenvalue weighted by Crippen LogP contribution is 2.18. The fraction of sp³-hybridized carbons (Fsp3) is 0.588. The highest BCUT2D eigenvalue weighted by atomic mass is 32.2. The number of nitrogens with one attached hydrogen (secondary N) is 2. The molecule has 1 heterocycles. The Labute approximate surface area is 144 Å². The molecule has 0 spiro atoms. The highest BCUT2D eigenvalue weighted by molar-refractivity contribution is 7.89. The third-order valence-electron chi connectivity index (χ3n) is 4.39. The molecular formula is C17H28N3O3S+. The number of hydrogen-bond donors (Lipinski definition) is 2. The van der Waals surface area contributed by atoms with Crippen LogP contribution in [0, 0.1) is 11.8 Å². The van der Waals surface area contributed by atoms with Gasteiger partial charge >= 0.3 is 0 Å². The van der Waals surface area contributed by atoms with E-state index in [0.29, 0.717) is 24.1 Å². The number of piperidine rings is 1. The van der Waals surface area contributed by atoms with Gasteiger partial charge in [0.05, 0.1) is 18.0 Å². The van der Waals surface area contributed by atoms with Crippen LogP contribution in [0.2, 0.25) is 0 Å². The van der Waals surface area contributed by atoms with Crippen LogP contribution in [0.1, 0.15) is 20.3 Å². The van der Waals surface area contributed by atoms with E-state index in [9.17, 15) is 13.2 Å². The molecule has 1 amide bonds. The van der Waals surface area contributed by atoms with Gasteiger partial charge in [-0.3, -0.25) is 4.79 Å². The second-order valence-corrected chi connectivity index (χ2v) is 9.30. The summed E-state index contributed by atoms with van der Waals surface area (Å²) in [4.78, 5) is 13.8. The Morgan fingerprint density at radius 2 is 1.88 bits per heavy atom. The van der Waals surface area contributed by atoms with Crippen molar-refractivity contribution in [1.29, 1.82) is 0 Å². The molecule has 2 atom stereocenters. The Hall–Kier alpha value is -1.44. The number of carbonyl (C=O) groups is 1. The summed E-state index contributed by atoms with van der Waals surface area (Å²) in [6, 6.07) is 6.39. The minimum Gasteiger partial charge on any atom is -0.327 e. The molecule has 2 rings (SSSR count). The van der Waals surface area contributed by atoms with Crippen LogP contribution in [0.15, 0.2) is 29.2 Å². The first-order valence-electron chi connectivity index (χ1n) is 8.34. The Morgan fingerprint density at radius 1 is 1.25 bits per heavy atom. The molecule has 1 fully saturated rings. The number of anilines is 1. The minimum atomic E-state index is -3.50. The van der Waals surface area contributed by atoms with E-state index in [1.807, 2.05) is 0 Å². The van der Waals surface area contributed by atoms with Crippen LogP contribution in [-0.4, -0.2) is 52.4 Å². The molecule has 0 aliphatic carbocycles. The second-order valence-electron chi connectivity index (χ2n) is 7.14. The minimum absolute atomic E-state index is 0.0781. The molecule has 1 saturated heterocycles. The largest absolute Gasteiger partial charge is 0.327 e. The van der Waals surface area contributed by atoms with Gasteiger partial charge in [-0.05, 0) is 24.6 Å². The van der Waals surface area contributed by atoms with E-state index in [0.717, 1.165) is 17.4 Å². The van der Waals surface area contributed by atoms with Crippen molar-refractivity contribution < 1.29 is 18.1 Å². The van der Waals surface area contributed by atoms with Gasteiger partial charge in [-0.1, -0.05) is 19.9 Å². The number of quaternary nitrogens is 1. The molecule has 0 radical (unpaired) electrons. The Morgan fingerprint density at radius 3 is 2.46 bits per heavy atom. The van der Waals surface area contributed by atoms with E-state index >= 15 is 0 Å². The maximum Gasteiger partial charge on any atom is 0.279 e. The summed E-state index contributed by atoms with van der Waals surface area (Å²) in [6.07, 6.45) is 1.22. The lowest BCUT2D eigenvalue weighted by Crippen LogP contribution is -3.15. The smallest absolute Gasteiger partial charge is 0.279 e. The maximum atomic E-state index is 12.3. The molecule has 24 heavy (non-hydrogen) atoms. The average molecular weight is 354 g/mol. The molecule has 0 saturated carbocycles. The summed E-state index contributed by atoms with van der Waals surface area (Å²) < 4.78 is 25.5. The summed E-state index contributed by atoms with van der Waals surface area (Å²) in [5.74, 6) is 1.18. The van der Waals surface area contributed by atoms with Gasteiger partial charge in [0.25, 0.3) is 5.91 Å². The van der Waals surface area contributed by atoms with Crippen molar-refractivity contribution in [3.8, 4) is 0 Å². The standard InChI is InChI=1S/C17H27N3O3S/c1-13-8-14(2)11-20(10-13)12-17(21)18-15-6-5-7-16(9-15)24(22,23)19(3)4/h5-7,9,13-14H,8,10-12H2,1-4H3,(H,18,21)/p+1/t13-,14-/m1/s1. The lowest BCUT2D eigenvalue weighted by atomic mass is 9.92. The van der Waals surface area contributed by atoms with Crippen molar-refractivity contribution >= 4 is 21.6 Å². The molecule has 134 valence electrons. The van der Waals surface area contributed by atoms with Crippen molar-refractivity contribution in [3.63, 3.8) is 0 Å². The van der Waals surface area contributed by atoms with E-state index in [1.165, 1.54) is 37.5 Å². The Balaban J connectivity index is 2.02. The molecule has 0 unspecified atom stereocenters. The topological polar surface area (TPSA) is 70.9 Å². The molecule has 1 aromatic carbocycles. The van der Waals surface area contributed by atoms with Crippen LogP contribution in [0.25, 0.3) is 0 Å². The highest BCUT2D eigenvalue weighted by Gasteiger charge is 2.26. The third-order valence-corrected chi connectivity index (χ3v) is 6.20. The quantitative estimate of drug-likeness (QED) is 0.806. The molecule has 0 bridgehead atoms. The molecule has 1 aromatic rings. The first-order chi connectivity index (χ1) is 11.2. The van der Waals surface area contributed by atoms with E-state index in [2.05, 4.69) is 19.2 Å². The van der Waals surface area contributed by atoms with Gasteiger partial charge in [0.2, 0.25) is 10.0 Å². The normalized spacial score (nSPS) is 24.8. The lowest BCUT2D eigenvalue weighted by Gasteiger charge is -2.31. The van der Waals surface area contributed by atoms with Crippen molar-refractivity contribution in [2.45, 2.75) is 25.2 Å². The van der Waals surface area contributed by atoms with E-state index in [-0.39, 0.29) is 10.8 Å². The van der Waals surface area contributed by atoms with Crippen LogP contribution in [0.3, 0.4) is 0 Å². The Bertz CT molecular complexity index is 678. The monoisotopic (exact) mass is 354 g/mol. The van der Waals surface area contributed by atoms with Crippen molar-refractivity contribution in [1.82, 2.24) is 4.31 Å². The van der Waals surface area contributed by atoms with E-state index in [1.54, 1.807) is 12.1 Å². The van der Waals surface area contributed by atoms with Crippen LogP contribution in [0.5, 0.6) is 0 Å². The second kappa shape index (κ2) is 7.63. The average Bonchev–Trinajstić information content (AvgIpc) is 2.45. The van der Waals surface area contributed by atoms with E-state index < -0.39 is 10.0 Å². The number of amides is 1. The molecule has 1 aliphatic rings. The molecule has 1 aliphatic heterocycles. The summed E-state index contributed by atoms with van der Waals surface area (Å²) in [6.45, 7) is 6.88. The zero-order chi connectivity index (χ0) is 17.9. The van der Waals surface area contributed by atoms with Crippen LogP contribution in [0.4, 0.5) is 5.69 Å². The van der Waals surface area contributed by atoms with Crippen molar-refractivity contribution in [3.05, 3.63) is 24.3 Å². The number of rotatable bonds is 5. The number of likely N-dealkylation sites (tertiary alicyclic amines) is 1. The van der Waals surface area contributed by atoms with Crippen LogP contribution >= 0.6 is 0 Å². The fourth-order valence-corrected chi connectivity index (χ4v) is 4.39. The van der Waals surface area contributed by atoms with Crippen LogP contribution in [-0.2, 0) is 14.8 Å². The molecule has 6 nitrogen and oxygen atoms in total. The fourth-order valence-electron chi connectivity index (χ4n) is 3.44. The number of carbonyl (C=O) groups excluding carboxylic acids is 1. The summed E-state index contributed by atoms with van der Waals surface area (Å²) >= 11 is 0. The maximum absolute atomic E-state index is 12.3. The zero-order valence-corrected chi connectivity index (χ0v) is 15.7. The number of hydrogen-bond acceptors (Lipinski definition) is 3. The van der Waals surface area contributed by atoms with Gasteiger partial charge in [0, 0.05) is 31.6 Å². The number of nitrogens with zero attached hydrogens (tertiary/aromatic N) is 1. The molecule has 0 aromatic heterocycles.